The van der Waals surface area contributed by atoms with Gasteiger partial charge >= 0.3 is 0 Å². The summed E-state index contributed by atoms with van der Waals surface area (Å²) in [6.07, 6.45) is 5.29. The fourth-order valence-corrected chi connectivity index (χ4v) is 2.72. The molecule has 19 heavy (non-hydrogen) atoms. The summed E-state index contributed by atoms with van der Waals surface area (Å²) in [6.45, 7) is 6.43. The molecule has 0 N–H and O–H groups in total. The number of methoxy groups -OCH3 is 1. The quantitative estimate of drug-likeness (QED) is 0.781. The van der Waals surface area contributed by atoms with Crippen molar-refractivity contribution in [2.75, 3.05) is 7.11 Å². The maximum absolute atomic E-state index is 12.7. The van der Waals surface area contributed by atoms with E-state index in [0.717, 1.165) is 31.4 Å². The first-order chi connectivity index (χ1) is 8.88. The van der Waals surface area contributed by atoms with Crippen LogP contribution in [-0.4, -0.2) is 23.5 Å². The molecule has 1 aliphatic carbocycles. The number of carbonyl (C=O) groups is 1. The van der Waals surface area contributed by atoms with Crippen molar-refractivity contribution in [2.24, 2.45) is 5.41 Å². The van der Waals surface area contributed by atoms with Gasteiger partial charge < -0.3 is 4.74 Å². The summed E-state index contributed by atoms with van der Waals surface area (Å²) in [5.74, 6) is 0.0815. The van der Waals surface area contributed by atoms with Gasteiger partial charge in [0.15, 0.2) is 5.78 Å². The molecule has 3 heteroatoms. The summed E-state index contributed by atoms with van der Waals surface area (Å²) >= 11 is 0. The minimum atomic E-state index is -0.646. The predicted octanol–water partition coefficient (Wildman–Crippen LogP) is 3.56. The van der Waals surface area contributed by atoms with Gasteiger partial charge in [-0.15, -0.1) is 0 Å². The van der Waals surface area contributed by atoms with Gasteiger partial charge in [-0.25, -0.2) is 0 Å². The number of ether oxygens (including phenoxy) is 1. The second-order valence-electron chi connectivity index (χ2n) is 6.38. The molecule has 1 aromatic rings. The zero-order chi connectivity index (χ0) is 14.1. The summed E-state index contributed by atoms with van der Waals surface area (Å²) in [6, 6.07) is 3.73. The first-order valence-corrected chi connectivity index (χ1v) is 6.91. The predicted molar refractivity (Wildman–Crippen MR) is 75.3 cm³/mol. The molecule has 1 heterocycles. The lowest BCUT2D eigenvalue weighted by atomic mass is 9.69. The second-order valence-corrected chi connectivity index (χ2v) is 6.38. The van der Waals surface area contributed by atoms with E-state index in [0.29, 0.717) is 11.0 Å². The molecule has 1 aliphatic rings. The Morgan fingerprint density at radius 1 is 1.21 bits per heavy atom. The standard InChI is InChI=1S/C16H23NO2/c1-12-5-6-13(11-17-12)14(18)16(19-4)9-7-15(2,3)8-10-16/h5-6,11H,7-10H2,1-4H3. The molecule has 104 valence electrons. The number of ketones is 1. The lowest BCUT2D eigenvalue weighted by Gasteiger charge is -2.41. The summed E-state index contributed by atoms with van der Waals surface area (Å²) in [7, 11) is 1.65. The van der Waals surface area contributed by atoms with Crippen LogP contribution < -0.4 is 0 Å². The van der Waals surface area contributed by atoms with E-state index in [1.54, 1.807) is 13.3 Å². The highest BCUT2D eigenvalue weighted by Gasteiger charge is 2.44. The number of carbonyl (C=O) groups excluding carboxylic acids is 1. The topological polar surface area (TPSA) is 39.2 Å². The Morgan fingerprint density at radius 2 is 1.84 bits per heavy atom. The van der Waals surface area contributed by atoms with Crippen LogP contribution in [0.1, 0.15) is 55.6 Å². The molecule has 1 saturated carbocycles. The maximum Gasteiger partial charge on any atom is 0.196 e. The van der Waals surface area contributed by atoms with Crippen LogP contribution in [0.25, 0.3) is 0 Å². The fourth-order valence-electron chi connectivity index (χ4n) is 2.72. The Morgan fingerprint density at radius 3 is 2.32 bits per heavy atom. The molecule has 0 atom stereocenters. The smallest absolute Gasteiger partial charge is 0.196 e. The number of hydrogen-bond donors (Lipinski definition) is 0. The van der Waals surface area contributed by atoms with Crippen LogP contribution in [0.3, 0.4) is 0 Å². The molecular formula is C16H23NO2. The molecule has 0 bridgehead atoms. The molecule has 0 amide bonds. The molecule has 0 aromatic carbocycles. The van der Waals surface area contributed by atoms with Crippen molar-refractivity contribution in [2.45, 2.75) is 52.1 Å². The number of aryl methyl sites for hydroxylation is 1. The van der Waals surface area contributed by atoms with Gasteiger partial charge in [-0.1, -0.05) is 13.8 Å². The normalized spacial score (nSPS) is 21.1. The summed E-state index contributed by atoms with van der Waals surface area (Å²) in [4.78, 5) is 16.9. The van der Waals surface area contributed by atoms with Crippen LogP contribution in [0.4, 0.5) is 0 Å². The van der Waals surface area contributed by atoms with Crippen molar-refractivity contribution in [3.8, 4) is 0 Å². The minimum Gasteiger partial charge on any atom is -0.370 e. The number of pyridine rings is 1. The van der Waals surface area contributed by atoms with Crippen molar-refractivity contribution < 1.29 is 9.53 Å². The fraction of sp³-hybridized carbons (Fsp3) is 0.625. The van der Waals surface area contributed by atoms with E-state index in [4.69, 9.17) is 4.74 Å². The monoisotopic (exact) mass is 261 g/mol. The lowest BCUT2D eigenvalue weighted by Crippen LogP contribution is -2.45. The Bertz CT molecular complexity index is 452. The van der Waals surface area contributed by atoms with Crippen molar-refractivity contribution in [1.82, 2.24) is 4.98 Å². The summed E-state index contributed by atoms with van der Waals surface area (Å²) in [5.41, 5.74) is 1.25. The number of aromatic nitrogens is 1. The van der Waals surface area contributed by atoms with E-state index in [1.165, 1.54) is 0 Å². The van der Waals surface area contributed by atoms with Crippen LogP contribution in [0.5, 0.6) is 0 Å². The van der Waals surface area contributed by atoms with Crippen LogP contribution in [0.15, 0.2) is 18.3 Å². The highest BCUT2D eigenvalue weighted by Crippen LogP contribution is 2.43. The molecular weight excluding hydrogens is 238 g/mol. The molecule has 0 unspecified atom stereocenters. The molecule has 0 aliphatic heterocycles. The lowest BCUT2D eigenvalue weighted by molar-refractivity contribution is -0.0383. The number of hydrogen-bond acceptors (Lipinski definition) is 3. The molecule has 1 aromatic heterocycles. The second kappa shape index (κ2) is 5.04. The van der Waals surface area contributed by atoms with Gasteiger partial charge in [0.2, 0.25) is 0 Å². The van der Waals surface area contributed by atoms with Gasteiger partial charge in [0.05, 0.1) is 0 Å². The Labute approximate surface area is 115 Å². The van der Waals surface area contributed by atoms with Crippen molar-refractivity contribution >= 4 is 5.78 Å². The molecule has 0 radical (unpaired) electrons. The third-order valence-electron chi connectivity index (χ3n) is 4.39. The maximum atomic E-state index is 12.7. The SMILES string of the molecule is COC1(C(=O)c2ccc(C)nc2)CCC(C)(C)CC1. The first kappa shape index (κ1) is 14.2. The van der Waals surface area contributed by atoms with E-state index in [1.807, 2.05) is 19.1 Å². The Hall–Kier alpha value is -1.22. The Kier molecular flexibility index (Phi) is 3.77. The highest BCUT2D eigenvalue weighted by atomic mass is 16.5. The van der Waals surface area contributed by atoms with E-state index >= 15 is 0 Å². The number of nitrogens with zero attached hydrogens (tertiary/aromatic N) is 1. The zero-order valence-corrected chi connectivity index (χ0v) is 12.3. The van der Waals surface area contributed by atoms with Crippen LogP contribution in [-0.2, 0) is 4.74 Å². The van der Waals surface area contributed by atoms with Gasteiger partial charge in [-0.05, 0) is 50.2 Å². The largest absolute Gasteiger partial charge is 0.370 e. The van der Waals surface area contributed by atoms with Gasteiger partial charge in [0.25, 0.3) is 0 Å². The van der Waals surface area contributed by atoms with Crippen LogP contribution in [0, 0.1) is 12.3 Å². The third-order valence-corrected chi connectivity index (χ3v) is 4.39. The van der Waals surface area contributed by atoms with E-state index in [-0.39, 0.29) is 5.78 Å². The zero-order valence-electron chi connectivity index (χ0n) is 12.3. The molecule has 3 nitrogen and oxygen atoms in total. The van der Waals surface area contributed by atoms with Gasteiger partial charge in [0.1, 0.15) is 5.60 Å². The average molecular weight is 261 g/mol. The molecule has 0 spiro atoms. The van der Waals surface area contributed by atoms with E-state index in [9.17, 15) is 4.79 Å². The molecule has 2 rings (SSSR count). The average Bonchev–Trinajstić information content (AvgIpc) is 2.40. The number of Topliss-reactive ketones (excluding diaryl/α,β-unsaturated/α-hetero) is 1. The van der Waals surface area contributed by atoms with Crippen LogP contribution in [0.2, 0.25) is 0 Å². The minimum absolute atomic E-state index is 0.0815. The molecule has 0 saturated heterocycles. The van der Waals surface area contributed by atoms with Crippen molar-refractivity contribution in [1.29, 1.82) is 0 Å². The third kappa shape index (κ3) is 2.86. The van der Waals surface area contributed by atoms with Gasteiger partial charge in [-0.3, -0.25) is 9.78 Å². The molecule has 1 fully saturated rings. The highest BCUT2D eigenvalue weighted by molar-refractivity contribution is 6.02. The van der Waals surface area contributed by atoms with Crippen molar-refractivity contribution in [3.05, 3.63) is 29.6 Å². The van der Waals surface area contributed by atoms with E-state index < -0.39 is 5.60 Å². The summed E-state index contributed by atoms with van der Waals surface area (Å²) < 4.78 is 5.64. The first-order valence-electron chi connectivity index (χ1n) is 6.91. The van der Waals surface area contributed by atoms with E-state index in [2.05, 4.69) is 18.8 Å². The van der Waals surface area contributed by atoms with Gasteiger partial charge in [-0.2, -0.15) is 0 Å². The van der Waals surface area contributed by atoms with Crippen molar-refractivity contribution in [3.63, 3.8) is 0 Å². The Balaban J connectivity index is 2.22. The number of rotatable bonds is 3. The summed E-state index contributed by atoms with van der Waals surface area (Å²) in [5, 5.41) is 0. The van der Waals surface area contributed by atoms with Crippen LogP contribution >= 0.6 is 0 Å². The van der Waals surface area contributed by atoms with Gasteiger partial charge in [0, 0.05) is 24.6 Å².